The van der Waals surface area contributed by atoms with Gasteiger partial charge in [-0.2, -0.15) is 0 Å². The van der Waals surface area contributed by atoms with Gasteiger partial charge in [-0.3, -0.25) is 9.59 Å². The van der Waals surface area contributed by atoms with Gasteiger partial charge in [-0.25, -0.2) is 0 Å². The van der Waals surface area contributed by atoms with Crippen molar-refractivity contribution in [3.05, 3.63) is 52.4 Å². The van der Waals surface area contributed by atoms with Crippen molar-refractivity contribution in [2.45, 2.75) is 64.4 Å². The van der Waals surface area contributed by atoms with Gasteiger partial charge in [0.15, 0.2) is 5.69 Å². The summed E-state index contributed by atoms with van der Waals surface area (Å²) in [6.07, 6.45) is 0.575. The zero-order chi connectivity index (χ0) is 26.5. The lowest BCUT2D eigenvalue weighted by atomic mass is 9.74. The van der Waals surface area contributed by atoms with Gasteiger partial charge in [-0.15, -0.1) is 0 Å². The molecule has 36 heavy (non-hydrogen) atoms. The molecule has 0 fully saturated rings. The van der Waals surface area contributed by atoms with Crippen LogP contribution in [0.1, 0.15) is 68.3 Å². The fraction of sp³-hybridized carbons (Fsp3) is 0.500. The van der Waals surface area contributed by atoms with Crippen molar-refractivity contribution < 1.29 is 29.0 Å². The lowest BCUT2D eigenvalue weighted by Crippen LogP contribution is -2.56. The Labute approximate surface area is 215 Å². The standard InChI is InChI=1S/C24H32BClN4O6/c1-14(2)8-21(25(33)34)28-23(32)24(11-16-6-5-7-17(26)9-16)12-18(29-36-24)13-27-22(31)19-10-20(15(3)4)35-30-19/h5-7,9-10,14-15,21,33-34H,8,11-13H2,1-4H3,(H,27,31)(H,28,32). The third-order valence-corrected chi connectivity index (χ3v) is 6.05. The second-order valence-electron chi connectivity index (χ2n) is 9.80. The van der Waals surface area contributed by atoms with Crippen molar-refractivity contribution in [1.82, 2.24) is 15.8 Å². The van der Waals surface area contributed by atoms with Gasteiger partial charge in [0.2, 0.25) is 5.60 Å². The van der Waals surface area contributed by atoms with E-state index in [-0.39, 0.29) is 36.9 Å². The minimum absolute atomic E-state index is 0.0331. The number of hydrogen-bond acceptors (Lipinski definition) is 8. The molecule has 0 spiro atoms. The molecule has 1 aromatic carbocycles. The van der Waals surface area contributed by atoms with Crippen molar-refractivity contribution in [2.75, 3.05) is 6.54 Å². The third-order valence-electron chi connectivity index (χ3n) is 5.82. The molecular weight excluding hydrogens is 487 g/mol. The van der Waals surface area contributed by atoms with Crippen LogP contribution in [0.3, 0.4) is 0 Å². The van der Waals surface area contributed by atoms with Gasteiger partial charge in [0.25, 0.3) is 11.8 Å². The molecule has 0 saturated carbocycles. The fourth-order valence-electron chi connectivity index (χ4n) is 3.92. The normalized spacial score (nSPS) is 18.1. The summed E-state index contributed by atoms with van der Waals surface area (Å²) in [7, 11) is -1.74. The van der Waals surface area contributed by atoms with Crippen LogP contribution in [0.2, 0.25) is 5.02 Å². The van der Waals surface area contributed by atoms with Crippen LogP contribution in [0.25, 0.3) is 0 Å². The maximum atomic E-state index is 13.5. The van der Waals surface area contributed by atoms with Gasteiger partial charge < -0.3 is 30.0 Å². The number of carbonyl (C=O) groups excluding carboxylic acids is 2. The van der Waals surface area contributed by atoms with Gasteiger partial charge in [0.05, 0.1) is 18.2 Å². The Morgan fingerprint density at radius 1 is 1.22 bits per heavy atom. The van der Waals surface area contributed by atoms with E-state index in [2.05, 4.69) is 20.9 Å². The molecule has 12 heteroatoms. The number of benzene rings is 1. The van der Waals surface area contributed by atoms with E-state index in [0.717, 1.165) is 5.56 Å². The fourth-order valence-corrected chi connectivity index (χ4v) is 4.13. The van der Waals surface area contributed by atoms with Crippen LogP contribution in [0.15, 0.2) is 40.0 Å². The number of nitrogens with zero attached hydrogens (tertiary/aromatic N) is 2. The van der Waals surface area contributed by atoms with E-state index in [1.165, 1.54) is 0 Å². The minimum atomic E-state index is -1.74. The number of nitrogens with one attached hydrogen (secondary N) is 2. The first kappa shape index (κ1) is 27.7. The maximum Gasteiger partial charge on any atom is 0.475 e. The van der Waals surface area contributed by atoms with E-state index in [4.69, 9.17) is 21.0 Å². The minimum Gasteiger partial charge on any atom is -0.426 e. The maximum absolute atomic E-state index is 13.5. The van der Waals surface area contributed by atoms with Crippen LogP contribution >= 0.6 is 11.6 Å². The average molecular weight is 519 g/mol. The number of hydrogen-bond donors (Lipinski definition) is 4. The summed E-state index contributed by atoms with van der Waals surface area (Å²) in [4.78, 5) is 31.7. The molecule has 2 amide bonds. The van der Waals surface area contributed by atoms with E-state index in [0.29, 0.717) is 22.9 Å². The Balaban J connectivity index is 1.73. The second-order valence-corrected chi connectivity index (χ2v) is 10.2. The summed E-state index contributed by atoms with van der Waals surface area (Å²) < 4.78 is 5.17. The Kier molecular flexibility index (Phi) is 9.16. The number of amides is 2. The molecule has 1 aliphatic rings. The van der Waals surface area contributed by atoms with Crippen molar-refractivity contribution >= 4 is 36.2 Å². The van der Waals surface area contributed by atoms with Crippen LogP contribution in [0, 0.1) is 5.92 Å². The molecular formula is C24H32BClN4O6. The Bertz CT molecular complexity index is 1110. The zero-order valence-corrected chi connectivity index (χ0v) is 21.6. The molecule has 2 aromatic rings. The number of oxime groups is 1. The summed E-state index contributed by atoms with van der Waals surface area (Å²) >= 11 is 6.13. The highest BCUT2D eigenvalue weighted by Gasteiger charge is 2.48. The van der Waals surface area contributed by atoms with Crippen LogP contribution < -0.4 is 10.6 Å². The number of halogens is 1. The summed E-state index contributed by atoms with van der Waals surface area (Å²) in [6, 6.07) is 8.61. The lowest BCUT2D eigenvalue weighted by molar-refractivity contribution is -0.144. The molecule has 3 rings (SSSR count). The zero-order valence-electron chi connectivity index (χ0n) is 20.8. The Morgan fingerprint density at radius 3 is 2.58 bits per heavy atom. The van der Waals surface area contributed by atoms with Crippen LogP contribution in [0.4, 0.5) is 0 Å². The highest BCUT2D eigenvalue weighted by atomic mass is 35.5. The topological polar surface area (TPSA) is 146 Å². The van der Waals surface area contributed by atoms with Gasteiger partial charge in [0.1, 0.15) is 5.76 Å². The third kappa shape index (κ3) is 7.08. The monoisotopic (exact) mass is 518 g/mol. The van der Waals surface area contributed by atoms with E-state index in [1.807, 2.05) is 33.8 Å². The number of rotatable bonds is 11. The van der Waals surface area contributed by atoms with Gasteiger partial charge in [0, 0.05) is 29.8 Å². The predicted octanol–water partition coefficient (Wildman–Crippen LogP) is 2.48. The first-order valence-electron chi connectivity index (χ1n) is 11.9. The van der Waals surface area contributed by atoms with Gasteiger partial charge in [-0.05, 0) is 30.0 Å². The molecule has 0 aliphatic carbocycles. The van der Waals surface area contributed by atoms with Crippen molar-refractivity contribution in [2.24, 2.45) is 11.1 Å². The summed E-state index contributed by atoms with van der Waals surface area (Å²) in [5.74, 6) is -1.06. The molecule has 0 bridgehead atoms. The molecule has 2 unspecified atom stereocenters. The van der Waals surface area contributed by atoms with E-state index < -0.39 is 30.5 Å². The highest BCUT2D eigenvalue weighted by Crippen LogP contribution is 2.30. The first-order valence-corrected chi connectivity index (χ1v) is 12.3. The molecule has 4 N–H and O–H groups in total. The molecule has 10 nitrogen and oxygen atoms in total. The largest absolute Gasteiger partial charge is 0.475 e. The van der Waals surface area contributed by atoms with Gasteiger partial charge >= 0.3 is 7.12 Å². The molecule has 2 heterocycles. The van der Waals surface area contributed by atoms with E-state index in [9.17, 15) is 19.6 Å². The van der Waals surface area contributed by atoms with Crippen LogP contribution in [-0.2, 0) is 16.1 Å². The predicted molar refractivity (Wildman–Crippen MR) is 136 cm³/mol. The number of aromatic nitrogens is 1. The number of carbonyl (C=O) groups is 2. The lowest BCUT2D eigenvalue weighted by Gasteiger charge is -2.29. The quantitative estimate of drug-likeness (QED) is 0.334. The molecule has 194 valence electrons. The van der Waals surface area contributed by atoms with Gasteiger partial charge in [-0.1, -0.05) is 61.7 Å². The SMILES string of the molecule is CC(C)CC(NC(=O)C1(Cc2cccc(Cl)c2)CC(CNC(=O)c2cc(C(C)C)on2)=NO1)B(O)O. The van der Waals surface area contributed by atoms with Crippen LogP contribution in [-0.4, -0.2) is 57.9 Å². The van der Waals surface area contributed by atoms with E-state index in [1.54, 1.807) is 24.3 Å². The Hall–Kier alpha value is -2.89. The Morgan fingerprint density at radius 2 is 1.97 bits per heavy atom. The highest BCUT2D eigenvalue weighted by molar-refractivity contribution is 6.43. The van der Waals surface area contributed by atoms with Crippen molar-refractivity contribution in [3.63, 3.8) is 0 Å². The second kappa shape index (κ2) is 11.9. The van der Waals surface area contributed by atoms with E-state index >= 15 is 0 Å². The molecule has 2 atom stereocenters. The van der Waals surface area contributed by atoms with Crippen molar-refractivity contribution in [3.8, 4) is 0 Å². The molecule has 1 aromatic heterocycles. The molecule has 0 saturated heterocycles. The summed E-state index contributed by atoms with van der Waals surface area (Å²) in [6.45, 7) is 7.72. The van der Waals surface area contributed by atoms with Crippen molar-refractivity contribution in [1.29, 1.82) is 0 Å². The summed E-state index contributed by atoms with van der Waals surface area (Å²) in [5, 5.41) is 33.4. The molecule has 0 radical (unpaired) electrons. The van der Waals surface area contributed by atoms with Crippen LogP contribution in [0.5, 0.6) is 0 Å². The smallest absolute Gasteiger partial charge is 0.426 e. The average Bonchev–Trinajstić information content (AvgIpc) is 3.45. The molecule has 1 aliphatic heterocycles. The summed E-state index contributed by atoms with van der Waals surface area (Å²) in [5.41, 5.74) is -0.118. The first-order chi connectivity index (χ1) is 17.0.